The van der Waals surface area contributed by atoms with E-state index in [1.165, 1.54) is 12.1 Å². The van der Waals surface area contributed by atoms with Gasteiger partial charge in [0.15, 0.2) is 0 Å². The van der Waals surface area contributed by atoms with Crippen LogP contribution in [0, 0.1) is 23.6 Å². The molecular formula is C16H18FNO2. The normalized spacial score (nSPS) is 13.6. The molecule has 1 aliphatic carbocycles. The Morgan fingerprint density at radius 1 is 1.50 bits per heavy atom. The minimum Gasteiger partial charge on any atom is -0.384 e. The summed E-state index contributed by atoms with van der Waals surface area (Å²) in [6.07, 6.45) is 2.31. The van der Waals surface area contributed by atoms with Crippen LogP contribution in [0.5, 0.6) is 0 Å². The Balaban J connectivity index is 2.16. The van der Waals surface area contributed by atoms with Crippen molar-refractivity contribution in [2.24, 2.45) is 5.92 Å². The number of amides is 1. The van der Waals surface area contributed by atoms with E-state index in [0.29, 0.717) is 24.6 Å². The van der Waals surface area contributed by atoms with Gasteiger partial charge < -0.3 is 10.0 Å². The molecule has 106 valence electrons. The third-order valence-corrected chi connectivity index (χ3v) is 3.36. The van der Waals surface area contributed by atoms with Crippen molar-refractivity contribution >= 4 is 5.91 Å². The Morgan fingerprint density at radius 3 is 2.80 bits per heavy atom. The maximum atomic E-state index is 14.0. The van der Waals surface area contributed by atoms with Gasteiger partial charge in [0.2, 0.25) is 0 Å². The first-order valence-electron chi connectivity index (χ1n) is 6.84. The van der Waals surface area contributed by atoms with Crippen LogP contribution in [0.1, 0.15) is 35.7 Å². The van der Waals surface area contributed by atoms with Crippen molar-refractivity contribution in [1.29, 1.82) is 0 Å². The van der Waals surface area contributed by atoms with Gasteiger partial charge in [0.25, 0.3) is 5.91 Å². The third-order valence-electron chi connectivity index (χ3n) is 3.36. The van der Waals surface area contributed by atoms with E-state index in [4.69, 9.17) is 5.11 Å². The number of hydrogen-bond acceptors (Lipinski definition) is 2. The predicted octanol–water partition coefficient (Wildman–Crippen LogP) is 2.04. The number of aliphatic hydroxyl groups excluding tert-OH is 1. The summed E-state index contributed by atoms with van der Waals surface area (Å²) in [5, 5.41) is 8.61. The highest BCUT2D eigenvalue weighted by Crippen LogP contribution is 2.30. The molecule has 1 aliphatic rings. The highest BCUT2D eigenvalue weighted by molar-refractivity contribution is 5.94. The minimum atomic E-state index is -0.561. The topological polar surface area (TPSA) is 40.5 Å². The fraction of sp³-hybridized carbons (Fsp3) is 0.438. The zero-order valence-electron chi connectivity index (χ0n) is 11.5. The largest absolute Gasteiger partial charge is 0.384 e. The molecule has 4 heteroatoms. The maximum absolute atomic E-state index is 14.0. The Morgan fingerprint density at radius 2 is 2.25 bits per heavy atom. The molecule has 1 saturated carbocycles. The van der Waals surface area contributed by atoms with Gasteiger partial charge in [-0.2, -0.15) is 0 Å². The van der Waals surface area contributed by atoms with Crippen LogP contribution in [0.2, 0.25) is 0 Å². The lowest BCUT2D eigenvalue weighted by molar-refractivity contribution is 0.0752. The first-order chi connectivity index (χ1) is 9.65. The van der Waals surface area contributed by atoms with E-state index < -0.39 is 5.82 Å². The van der Waals surface area contributed by atoms with Crippen LogP contribution >= 0.6 is 0 Å². The van der Waals surface area contributed by atoms with Crippen molar-refractivity contribution in [3.05, 3.63) is 35.1 Å². The molecule has 1 fully saturated rings. The third kappa shape index (κ3) is 3.58. The molecule has 0 aromatic heterocycles. The Hall–Kier alpha value is -1.86. The van der Waals surface area contributed by atoms with Gasteiger partial charge in [0.05, 0.1) is 5.56 Å². The van der Waals surface area contributed by atoms with Crippen LogP contribution in [0.3, 0.4) is 0 Å². The molecule has 0 aliphatic heterocycles. The molecule has 1 N–H and O–H groups in total. The Labute approximate surface area is 118 Å². The van der Waals surface area contributed by atoms with Crippen LogP contribution in [0.15, 0.2) is 18.2 Å². The zero-order valence-corrected chi connectivity index (χ0v) is 11.5. The molecule has 0 bridgehead atoms. The van der Waals surface area contributed by atoms with E-state index in [9.17, 15) is 9.18 Å². The number of hydrogen-bond donors (Lipinski definition) is 1. The Bertz CT molecular complexity index is 555. The van der Waals surface area contributed by atoms with E-state index in [1.807, 2.05) is 6.92 Å². The quantitative estimate of drug-likeness (QED) is 0.854. The average molecular weight is 275 g/mol. The number of rotatable bonds is 4. The standard InChI is InChI=1S/C16H18FNO2/c1-2-18(11-13-5-6-13)16(20)14-8-7-12(4-3-9-19)10-15(14)17/h7-8,10,13,19H,2,5-6,9,11H2,1H3. The molecule has 0 saturated heterocycles. The molecule has 0 atom stereocenters. The first-order valence-corrected chi connectivity index (χ1v) is 6.84. The lowest BCUT2D eigenvalue weighted by Crippen LogP contribution is -2.33. The molecule has 1 amide bonds. The van der Waals surface area contributed by atoms with Crippen LogP contribution in [0.4, 0.5) is 4.39 Å². The van der Waals surface area contributed by atoms with Gasteiger partial charge >= 0.3 is 0 Å². The molecule has 3 nitrogen and oxygen atoms in total. The van der Waals surface area contributed by atoms with E-state index in [-0.39, 0.29) is 18.1 Å². The molecule has 0 radical (unpaired) electrons. The number of carbonyl (C=O) groups excluding carboxylic acids is 1. The smallest absolute Gasteiger partial charge is 0.256 e. The number of aliphatic hydroxyl groups is 1. The van der Waals surface area contributed by atoms with E-state index in [1.54, 1.807) is 11.0 Å². The second kappa shape index (κ2) is 6.53. The van der Waals surface area contributed by atoms with Crippen LogP contribution in [-0.2, 0) is 0 Å². The fourth-order valence-electron chi connectivity index (χ4n) is 2.05. The number of nitrogens with zero attached hydrogens (tertiary/aromatic N) is 1. The molecular weight excluding hydrogens is 257 g/mol. The number of carbonyl (C=O) groups is 1. The van der Waals surface area contributed by atoms with Crippen LogP contribution in [0.25, 0.3) is 0 Å². The highest BCUT2D eigenvalue weighted by Gasteiger charge is 2.27. The Kier molecular flexibility index (Phi) is 4.75. The molecule has 1 aromatic carbocycles. The summed E-state index contributed by atoms with van der Waals surface area (Å²) in [6.45, 7) is 2.92. The molecule has 1 aromatic rings. The van der Waals surface area contributed by atoms with Gasteiger partial charge in [-0.25, -0.2) is 4.39 Å². The summed E-state index contributed by atoms with van der Waals surface area (Å²) < 4.78 is 14.0. The number of benzene rings is 1. The van der Waals surface area contributed by atoms with E-state index >= 15 is 0 Å². The van der Waals surface area contributed by atoms with Crippen molar-refractivity contribution < 1.29 is 14.3 Å². The lowest BCUT2D eigenvalue weighted by Gasteiger charge is -2.21. The number of halogens is 1. The average Bonchev–Trinajstić information content (AvgIpc) is 3.26. The summed E-state index contributed by atoms with van der Waals surface area (Å²) in [5.41, 5.74) is 0.542. The van der Waals surface area contributed by atoms with Gasteiger partial charge in [-0.3, -0.25) is 4.79 Å². The van der Waals surface area contributed by atoms with E-state index in [2.05, 4.69) is 11.8 Å². The van der Waals surface area contributed by atoms with Gasteiger partial charge in [-0.15, -0.1) is 0 Å². The molecule has 0 heterocycles. The minimum absolute atomic E-state index is 0.0852. The second-order valence-corrected chi connectivity index (χ2v) is 4.94. The highest BCUT2D eigenvalue weighted by atomic mass is 19.1. The molecule has 0 spiro atoms. The van der Waals surface area contributed by atoms with Crippen molar-refractivity contribution in [2.45, 2.75) is 19.8 Å². The summed E-state index contributed by atoms with van der Waals surface area (Å²) in [7, 11) is 0. The van der Waals surface area contributed by atoms with Crippen molar-refractivity contribution in [3.63, 3.8) is 0 Å². The van der Waals surface area contributed by atoms with Crippen molar-refractivity contribution in [2.75, 3.05) is 19.7 Å². The monoisotopic (exact) mass is 275 g/mol. The van der Waals surface area contributed by atoms with Crippen molar-refractivity contribution in [3.8, 4) is 11.8 Å². The molecule has 2 rings (SSSR count). The second-order valence-electron chi connectivity index (χ2n) is 4.94. The van der Waals surface area contributed by atoms with Crippen LogP contribution < -0.4 is 0 Å². The lowest BCUT2D eigenvalue weighted by atomic mass is 10.1. The first kappa shape index (κ1) is 14.5. The van der Waals surface area contributed by atoms with Crippen LogP contribution in [-0.4, -0.2) is 35.6 Å². The SMILES string of the molecule is CCN(CC1CC1)C(=O)c1ccc(C#CCO)cc1F. The molecule has 0 unspecified atom stereocenters. The zero-order chi connectivity index (χ0) is 14.5. The molecule has 20 heavy (non-hydrogen) atoms. The van der Waals surface area contributed by atoms with Crippen molar-refractivity contribution in [1.82, 2.24) is 4.90 Å². The van der Waals surface area contributed by atoms with Gasteiger partial charge in [-0.1, -0.05) is 11.8 Å². The maximum Gasteiger partial charge on any atom is 0.256 e. The van der Waals surface area contributed by atoms with Gasteiger partial charge in [-0.05, 0) is 43.9 Å². The summed E-state index contributed by atoms with van der Waals surface area (Å²) in [6, 6.07) is 4.30. The van der Waals surface area contributed by atoms with Gasteiger partial charge in [0, 0.05) is 18.7 Å². The summed E-state index contributed by atoms with van der Waals surface area (Å²) in [4.78, 5) is 14.0. The summed E-state index contributed by atoms with van der Waals surface area (Å²) >= 11 is 0. The van der Waals surface area contributed by atoms with E-state index in [0.717, 1.165) is 12.8 Å². The van der Waals surface area contributed by atoms with Gasteiger partial charge in [0.1, 0.15) is 12.4 Å². The summed E-state index contributed by atoms with van der Waals surface area (Å²) in [5.74, 6) is 4.83. The fourth-order valence-corrected chi connectivity index (χ4v) is 2.05. The predicted molar refractivity (Wildman–Crippen MR) is 74.7 cm³/mol.